The molecule has 1 fully saturated rings. The molecule has 0 aliphatic carbocycles. The van der Waals surface area contributed by atoms with Crippen LogP contribution in [-0.4, -0.2) is 21.4 Å². The van der Waals surface area contributed by atoms with E-state index in [9.17, 15) is 9.59 Å². The van der Waals surface area contributed by atoms with Gasteiger partial charge in [-0.3, -0.25) is 9.69 Å². The number of halogens is 2. The maximum absolute atomic E-state index is 13.0. The average Bonchev–Trinajstić information content (AvgIpc) is 3.20. The van der Waals surface area contributed by atoms with Crippen LogP contribution in [0, 0.1) is 20.8 Å². The van der Waals surface area contributed by atoms with E-state index >= 15 is 0 Å². The van der Waals surface area contributed by atoms with Crippen molar-refractivity contribution in [2.75, 3.05) is 0 Å². The van der Waals surface area contributed by atoms with E-state index in [4.69, 9.17) is 23.2 Å². The highest BCUT2D eigenvalue weighted by Crippen LogP contribution is 2.29. The number of carbonyl (C=O) groups excluding carboxylic acids is 2. The van der Waals surface area contributed by atoms with Crippen LogP contribution in [0.25, 0.3) is 11.8 Å². The summed E-state index contributed by atoms with van der Waals surface area (Å²) in [5.41, 5.74) is 7.55. The second-order valence-electron chi connectivity index (χ2n) is 8.23. The standard InChI is InChI=1S/C26H25Cl2N3O2/c1-5-19-8-6-7-15(2)24(19)31-16(3)11-20(17(31)4)13-23-25(32)30(26(33)29-23)14-18-9-10-21(27)22(28)12-18/h6-13H,5,14H2,1-4H3,(H,29,33)/b23-13-. The number of benzene rings is 2. The van der Waals surface area contributed by atoms with Gasteiger partial charge in [0.1, 0.15) is 5.70 Å². The molecule has 33 heavy (non-hydrogen) atoms. The fraction of sp³-hybridized carbons (Fsp3) is 0.231. The van der Waals surface area contributed by atoms with Gasteiger partial charge in [0, 0.05) is 11.4 Å². The molecule has 7 heteroatoms. The first kappa shape index (κ1) is 23.1. The maximum atomic E-state index is 13.0. The molecule has 0 unspecified atom stereocenters. The Labute approximate surface area is 203 Å². The third kappa shape index (κ3) is 4.31. The van der Waals surface area contributed by atoms with E-state index in [0.717, 1.165) is 28.9 Å². The Morgan fingerprint density at radius 2 is 1.76 bits per heavy atom. The van der Waals surface area contributed by atoms with Gasteiger partial charge in [-0.1, -0.05) is 54.4 Å². The number of para-hydroxylation sites is 1. The molecule has 1 saturated heterocycles. The molecule has 4 rings (SSSR count). The van der Waals surface area contributed by atoms with Crippen LogP contribution in [0.2, 0.25) is 10.0 Å². The largest absolute Gasteiger partial charge is 0.329 e. The number of aromatic nitrogens is 1. The van der Waals surface area contributed by atoms with E-state index in [1.54, 1.807) is 24.3 Å². The molecule has 1 aliphatic heterocycles. The Kier molecular flexibility index (Phi) is 6.37. The summed E-state index contributed by atoms with van der Waals surface area (Å²) in [5.74, 6) is -0.374. The van der Waals surface area contributed by atoms with Crippen LogP contribution in [0.1, 0.15) is 40.6 Å². The van der Waals surface area contributed by atoms with E-state index in [1.807, 2.05) is 19.9 Å². The predicted octanol–water partition coefficient (Wildman–Crippen LogP) is 6.36. The summed E-state index contributed by atoms with van der Waals surface area (Å²) in [6, 6.07) is 13.0. The summed E-state index contributed by atoms with van der Waals surface area (Å²) in [7, 11) is 0. The van der Waals surface area contributed by atoms with E-state index < -0.39 is 6.03 Å². The topological polar surface area (TPSA) is 54.3 Å². The lowest BCUT2D eigenvalue weighted by molar-refractivity contribution is -0.123. The number of imide groups is 1. The van der Waals surface area contributed by atoms with Crippen molar-refractivity contribution in [2.45, 2.75) is 40.7 Å². The zero-order valence-electron chi connectivity index (χ0n) is 19.0. The Hall–Kier alpha value is -3.02. The first-order chi connectivity index (χ1) is 15.7. The Morgan fingerprint density at radius 3 is 2.45 bits per heavy atom. The van der Waals surface area contributed by atoms with E-state index in [0.29, 0.717) is 10.0 Å². The fourth-order valence-corrected chi connectivity index (χ4v) is 4.61. The number of nitrogens with one attached hydrogen (secondary N) is 1. The number of aryl methyl sites for hydroxylation is 3. The van der Waals surface area contributed by atoms with Gasteiger partial charge in [-0.05, 0) is 73.7 Å². The van der Waals surface area contributed by atoms with Gasteiger partial charge >= 0.3 is 6.03 Å². The molecule has 3 amide bonds. The average molecular weight is 482 g/mol. The van der Waals surface area contributed by atoms with Crippen LogP contribution in [0.4, 0.5) is 4.79 Å². The molecule has 0 bridgehead atoms. The highest BCUT2D eigenvalue weighted by atomic mass is 35.5. The SMILES string of the molecule is CCc1cccc(C)c1-n1c(C)cc(/C=C2\NC(=O)N(Cc3ccc(Cl)c(Cl)c3)C2=O)c1C. The van der Waals surface area contributed by atoms with Gasteiger partial charge in [0.05, 0.1) is 22.3 Å². The minimum Gasteiger partial charge on any atom is -0.317 e. The van der Waals surface area contributed by atoms with Crippen molar-refractivity contribution in [3.8, 4) is 5.69 Å². The van der Waals surface area contributed by atoms with Gasteiger partial charge in [-0.25, -0.2) is 4.79 Å². The van der Waals surface area contributed by atoms with Crippen molar-refractivity contribution < 1.29 is 9.59 Å². The number of urea groups is 1. The van der Waals surface area contributed by atoms with Gasteiger partial charge in [-0.2, -0.15) is 0 Å². The normalized spacial score (nSPS) is 15.0. The number of amides is 3. The van der Waals surface area contributed by atoms with E-state index in [-0.39, 0.29) is 18.1 Å². The molecule has 0 saturated carbocycles. The van der Waals surface area contributed by atoms with Crippen LogP contribution < -0.4 is 5.32 Å². The molecular weight excluding hydrogens is 457 g/mol. The van der Waals surface area contributed by atoms with Crippen LogP contribution in [0.15, 0.2) is 48.2 Å². The van der Waals surface area contributed by atoms with Gasteiger partial charge in [0.25, 0.3) is 5.91 Å². The highest BCUT2D eigenvalue weighted by Gasteiger charge is 2.34. The number of nitrogens with zero attached hydrogens (tertiary/aromatic N) is 2. The molecule has 2 heterocycles. The molecule has 5 nitrogen and oxygen atoms in total. The zero-order chi connectivity index (χ0) is 23.9. The summed E-state index contributed by atoms with van der Waals surface area (Å²) in [6.45, 7) is 8.44. The van der Waals surface area contributed by atoms with Gasteiger partial charge in [-0.15, -0.1) is 0 Å². The molecule has 1 N–H and O–H groups in total. The maximum Gasteiger partial charge on any atom is 0.329 e. The molecular formula is C26H25Cl2N3O2. The second-order valence-corrected chi connectivity index (χ2v) is 9.04. The molecule has 1 aromatic heterocycles. The molecule has 0 radical (unpaired) electrons. The van der Waals surface area contributed by atoms with Crippen molar-refractivity contribution >= 4 is 41.2 Å². The summed E-state index contributed by atoms with van der Waals surface area (Å²) in [6.07, 6.45) is 2.67. The molecule has 0 spiro atoms. The fourth-order valence-electron chi connectivity index (χ4n) is 4.29. The molecule has 1 aliphatic rings. The van der Waals surface area contributed by atoms with Crippen LogP contribution in [-0.2, 0) is 17.8 Å². The zero-order valence-corrected chi connectivity index (χ0v) is 20.5. The second kappa shape index (κ2) is 9.08. The van der Waals surface area contributed by atoms with Crippen molar-refractivity contribution in [3.63, 3.8) is 0 Å². The number of hydrogen-bond acceptors (Lipinski definition) is 2. The Balaban J connectivity index is 1.67. The Morgan fingerprint density at radius 1 is 1.00 bits per heavy atom. The van der Waals surface area contributed by atoms with Crippen LogP contribution in [0.5, 0.6) is 0 Å². The van der Waals surface area contributed by atoms with Crippen molar-refractivity contribution in [1.82, 2.24) is 14.8 Å². The number of hydrogen-bond donors (Lipinski definition) is 1. The van der Waals surface area contributed by atoms with Gasteiger partial charge in [0.2, 0.25) is 0 Å². The van der Waals surface area contributed by atoms with Crippen molar-refractivity contribution in [2.24, 2.45) is 0 Å². The number of carbonyl (C=O) groups is 2. The smallest absolute Gasteiger partial charge is 0.317 e. The van der Waals surface area contributed by atoms with Crippen LogP contribution in [0.3, 0.4) is 0 Å². The quantitative estimate of drug-likeness (QED) is 0.340. The summed E-state index contributed by atoms with van der Waals surface area (Å²) in [4.78, 5) is 26.7. The van der Waals surface area contributed by atoms with Crippen molar-refractivity contribution in [3.05, 3.63) is 91.8 Å². The third-order valence-electron chi connectivity index (χ3n) is 5.98. The Bertz CT molecular complexity index is 1310. The first-order valence-electron chi connectivity index (χ1n) is 10.8. The van der Waals surface area contributed by atoms with E-state index in [1.165, 1.54) is 21.7 Å². The van der Waals surface area contributed by atoms with Crippen LogP contribution >= 0.6 is 23.2 Å². The molecule has 170 valence electrons. The van der Waals surface area contributed by atoms with Gasteiger partial charge in [0.15, 0.2) is 0 Å². The lowest BCUT2D eigenvalue weighted by Crippen LogP contribution is -2.30. The summed E-state index contributed by atoms with van der Waals surface area (Å²) in [5, 5.41) is 3.51. The molecule has 0 atom stereocenters. The predicted molar refractivity (Wildman–Crippen MR) is 133 cm³/mol. The first-order valence-corrected chi connectivity index (χ1v) is 11.5. The number of rotatable bonds is 5. The lowest BCUT2D eigenvalue weighted by Gasteiger charge is -2.17. The molecule has 2 aromatic carbocycles. The molecule has 3 aromatic rings. The van der Waals surface area contributed by atoms with Gasteiger partial charge < -0.3 is 9.88 Å². The minimum atomic E-state index is -0.460. The minimum absolute atomic E-state index is 0.112. The lowest BCUT2D eigenvalue weighted by atomic mass is 10.1. The summed E-state index contributed by atoms with van der Waals surface area (Å²) < 4.78 is 2.22. The monoisotopic (exact) mass is 481 g/mol. The highest BCUT2D eigenvalue weighted by molar-refractivity contribution is 6.42. The summed E-state index contributed by atoms with van der Waals surface area (Å²) >= 11 is 12.0. The van der Waals surface area contributed by atoms with Crippen molar-refractivity contribution in [1.29, 1.82) is 0 Å². The third-order valence-corrected chi connectivity index (χ3v) is 6.72. The van der Waals surface area contributed by atoms with E-state index in [2.05, 4.69) is 41.9 Å².